The summed E-state index contributed by atoms with van der Waals surface area (Å²) in [7, 11) is -1.85. The normalized spacial score (nSPS) is 19.6. The average Bonchev–Trinajstić information content (AvgIpc) is 2.46. The van der Waals surface area contributed by atoms with Gasteiger partial charge >= 0.3 is 0 Å². The topological polar surface area (TPSA) is 59.0 Å². The van der Waals surface area contributed by atoms with Gasteiger partial charge in [0.1, 0.15) is 5.75 Å². The molecule has 2 aliphatic rings. The number of nitrogens with zero attached hydrogens (tertiary/aromatic N) is 2. The lowest BCUT2D eigenvalue weighted by molar-refractivity contribution is 0.415. The largest absolute Gasteiger partial charge is 0.497 e. The highest BCUT2D eigenvalue weighted by molar-refractivity contribution is 7.90. The summed E-state index contributed by atoms with van der Waals surface area (Å²) in [6.45, 7) is 0.392. The molecular weight excluding hydrogens is 312 g/mol. The van der Waals surface area contributed by atoms with Crippen LogP contribution in [0.15, 0.2) is 40.9 Å². The lowest BCUT2D eigenvalue weighted by Gasteiger charge is -2.29. The van der Waals surface area contributed by atoms with Crippen molar-refractivity contribution in [3.63, 3.8) is 0 Å². The van der Waals surface area contributed by atoms with Crippen LogP contribution in [0.3, 0.4) is 0 Å². The Morgan fingerprint density at radius 2 is 2.19 bits per heavy atom. The lowest BCUT2D eigenvalue weighted by atomic mass is 10.0. The first kappa shape index (κ1) is 14.2. The number of hydrogen-bond donors (Lipinski definition) is 0. The van der Waals surface area contributed by atoms with E-state index in [1.54, 1.807) is 25.3 Å². The van der Waals surface area contributed by atoms with Gasteiger partial charge in [0.25, 0.3) is 10.0 Å². The highest BCUT2D eigenvalue weighted by Crippen LogP contribution is 2.32. The minimum Gasteiger partial charge on any atom is -0.497 e. The highest BCUT2D eigenvalue weighted by Gasteiger charge is 2.28. The molecule has 2 heterocycles. The van der Waals surface area contributed by atoms with Gasteiger partial charge in [-0.05, 0) is 30.4 Å². The Hall–Kier alpha value is -1.79. The predicted molar refractivity (Wildman–Crippen MR) is 83.0 cm³/mol. The second-order valence-corrected chi connectivity index (χ2v) is 6.82. The molecule has 21 heavy (non-hydrogen) atoms. The van der Waals surface area contributed by atoms with Crippen LogP contribution >= 0.6 is 11.6 Å². The number of hydrogen-bond acceptors (Lipinski definition) is 4. The van der Waals surface area contributed by atoms with Crippen LogP contribution in [0.5, 0.6) is 5.75 Å². The van der Waals surface area contributed by atoms with Crippen LogP contribution in [-0.4, -0.2) is 38.6 Å². The number of amidine groups is 1. The molecule has 0 amide bonds. The zero-order valence-electron chi connectivity index (χ0n) is 11.3. The summed E-state index contributed by atoms with van der Waals surface area (Å²) in [6, 6.07) is 5.27. The molecule has 0 spiro atoms. The molecule has 0 unspecified atom stereocenters. The van der Waals surface area contributed by atoms with E-state index in [-0.39, 0.29) is 5.75 Å². The monoisotopic (exact) mass is 324 g/mol. The molecule has 0 N–H and O–H groups in total. The number of benzene rings is 1. The van der Waals surface area contributed by atoms with E-state index in [4.69, 9.17) is 16.3 Å². The van der Waals surface area contributed by atoms with Crippen molar-refractivity contribution in [2.75, 3.05) is 19.4 Å². The van der Waals surface area contributed by atoms with Gasteiger partial charge in [-0.3, -0.25) is 0 Å². The fourth-order valence-electron chi connectivity index (χ4n) is 2.27. The van der Waals surface area contributed by atoms with Crippen molar-refractivity contribution in [2.45, 2.75) is 0 Å². The van der Waals surface area contributed by atoms with Crippen LogP contribution in [0.1, 0.15) is 5.56 Å². The number of allylic oxidation sites excluding steroid dienone is 2. The Bertz CT molecular complexity index is 781. The Balaban J connectivity index is 2.11. The molecular formula is C14H13ClN2O3S. The summed E-state index contributed by atoms with van der Waals surface area (Å²) in [5.74, 6) is 1.08. The first-order valence-electron chi connectivity index (χ1n) is 6.32. The second-order valence-electron chi connectivity index (χ2n) is 4.66. The number of methoxy groups -OCH3 is 1. The van der Waals surface area contributed by atoms with Crippen LogP contribution in [-0.2, 0) is 10.0 Å². The number of halogens is 1. The van der Waals surface area contributed by atoms with E-state index in [1.165, 1.54) is 0 Å². The number of ether oxygens (including phenoxy) is 1. The third-order valence-corrected chi connectivity index (χ3v) is 4.79. The van der Waals surface area contributed by atoms with E-state index in [2.05, 4.69) is 4.40 Å². The number of rotatable bonds is 2. The van der Waals surface area contributed by atoms with E-state index >= 15 is 0 Å². The standard InChI is InChI=1S/C14H13ClN2O3S/c1-20-10-4-5-11(13(15)9-10)12-3-2-6-17-7-8-21(18,19)16-14(12)17/h2-6,9H,7-8H2,1H3. The minimum atomic E-state index is -3.42. The number of sulfonamides is 1. The maximum atomic E-state index is 11.7. The Kier molecular flexibility index (Phi) is 3.51. The molecule has 0 saturated carbocycles. The van der Waals surface area contributed by atoms with Gasteiger partial charge in [-0.2, -0.15) is 0 Å². The first-order chi connectivity index (χ1) is 10.00. The van der Waals surface area contributed by atoms with E-state index in [9.17, 15) is 8.42 Å². The summed E-state index contributed by atoms with van der Waals surface area (Å²) >= 11 is 6.28. The quantitative estimate of drug-likeness (QED) is 0.837. The summed E-state index contributed by atoms with van der Waals surface area (Å²) in [4.78, 5) is 1.82. The molecule has 1 aromatic carbocycles. The van der Waals surface area contributed by atoms with Crippen molar-refractivity contribution in [1.82, 2.24) is 4.90 Å². The van der Waals surface area contributed by atoms with E-state index in [0.29, 0.717) is 28.7 Å². The molecule has 5 nitrogen and oxygen atoms in total. The molecule has 0 fully saturated rings. The third kappa shape index (κ3) is 2.69. The van der Waals surface area contributed by atoms with Crippen molar-refractivity contribution in [2.24, 2.45) is 4.40 Å². The molecule has 0 saturated heterocycles. The van der Waals surface area contributed by atoms with Crippen LogP contribution in [0, 0.1) is 0 Å². The van der Waals surface area contributed by atoms with Crippen LogP contribution in [0.25, 0.3) is 5.57 Å². The van der Waals surface area contributed by atoms with Crippen molar-refractivity contribution in [1.29, 1.82) is 0 Å². The SMILES string of the molecule is COc1ccc(C2=CC=CN3CCS(=O)(=O)N=C23)c(Cl)c1. The summed E-state index contributed by atoms with van der Waals surface area (Å²) < 4.78 is 32.5. The van der Waals surface area contributed by atoms with Gasteiger partial charge in [0.15, 0.2) is 5.84 Å². The van der Waals surface area contributed by atoms with Gasteiger partial charge in [0, 0.05) is 23.9 Å². The Morgan fingerprint density at radius 3 is 2.90 bits per heavy atom. The van der Waals surface area contributed by atoms with Crippen LogP contribution in [0.2, 0.25) is 5.02 Å². The summed E-state index contributed by atoms with van der Waals surface area (Å²) in [5.41, 5.74) is 1.41. The molecule has 2 aliphatic heterocycles. The van der Waals surface area contributed by atoms with Gasteiger partial charge in [-0.15, -0.1) is 4.40 Å². The zero-order chi connectivity index (χ0) is 15.0. The van der Waals surface area contributed by atoms with Crippen molar-refractivity contribution >= 4 is 33.0 Å². The Labute approximate surface area is 128 Å². The fourth-order valence-corrected chi connectivity index (χ4v) is 3.53. The first-order valence-corrected chi connectivity index (χ1v) is 8.31. The second kappa shape index (κ2) is 5.20. The van der Waals surface area contributed by atoms with E-state index in [1.807, 2.05) is 23.3 Å². The maximum Gasteiger partial charge on any atom is 0.256 e. The van der Waals surface area contributed by atoms with Crippen molar-refractivity contribution < 1.29 is 13.2 Å². The zero-order valence-corrected chi connectivity index (χ0v) is 12.9. The minimum absolute atomic E-state index is 0.0183. The highest BCUT2D eigenvalue weighted by atomic mass is 35.5. The molecule has 0 atom stereocenters. The van der Waals surface area contributed by atoms with Crippen molar-refractivity contribution in [3.8, 4) is 5.75 Å². The molecule has 3 rings (SSSR count). The van der Waals surface area contributed by atoms with Crippen molar-refractivity contribution in [3.05, 3.63) is 47.1 Å². The van der Waals surface area contributed by atoms with Crippen LogP contribution < -0.4 is 4.74 Å². The van der Waals surface area contributed by atoms with Crippen LogP contribution in [0.4, 0.5) is 0 Å². The lowest BCUT2D eigenvalue weighted by Crippen LogP contribution is -2.37. The smallest absolute Gasteiger partial charge is 0.256 e. The van der Waals surface area contributed by atoms with E-state index < -0.39 is 10.0 Å². The molecule has 0 radical (unpaired) electrons. The molecule has 110 valence electrons. The maximum absolute atomic E-state index is 11.7. The molecule has 0 aliphatic carbocycles. The molecule has 7 heteroatoms. The average molecular weight is 325 g/mol. The molecule has 1 aromatic rings. The van der Waals surface area contributed by atoms with Gasteiger partial charge in [-0.1, -0.05) is 11.6 Å². The van der Waals surface area contributed by atoms with Gasteiger partial charge < -0.3 is 9.64 Å². The predicted octanol–water partition coefficient (Wildman–Crippen LogP) is 2.30. The fraction of sp³-hybridized carbons (Fsp3) is 0.214. The summed E-state index contributed by atoms with van der Waals surface area (Å²) in [6.07, 6.45) is 5.48. The Morgan fingerprint density at radius 1 is 1.38 bits per heavy atom. The number of fused-ring (bicyclic) bond motifs is 1. The van der Waals surface area contributed by atoms with Gasteiger partial charge in [0.2, 0.25) is 0 Å². The van der Waals surface area contributed by atoms with Gasteiger partial charge in [-0.25, -0.2) is 8.42 Å². The van der Waals surface area contributed by atoms with E-state index in [0.717, 1.165) is 5.56 Å². The third-order valence-electron chi connectivity index (χ3n) is 3.32. The molecule has 0 aromatic heterocycles. The molecule has 0 bridgehead atoms. The van der Waals surface area contributed by atoms with Gasteiger partial charge in [0.05, 0.1) is 17.9 Å². The summed E-state index contributed by atoms with van der Waals surface area (Å²) in [5, 5.41) is 0.488.